The van der Waals surface area contributed by atoms with E-state index < -0.39 is 0 Å². The highest BCUT2D eigenvalue weighted by atomic mass is 16.4. The molecule has 1 unspecified atom stereocenters. The number of benzene rings is 2. The van der Waals surface area contributed by atoms with Gasteiger partial charge in [-0.15, -0.1) is 10.2 Å². The third-order valence-corrected chi connectivity index (χ3v) is 3.79. The fraction of sp³-hybridized carbons (Fsp3) is 0.263. The van der Waals surface area contributed by atoms with Gasteiger partial charge in [0.15, 0.2) is 0 Å². The van der Waals surface area contributed by atoms with Crippen molar-refractivity contribution in [2.75, 3.05) is 5.32 Å². The summed E-state index contributed by atoms with van der Waals surface area (Å²) in [7, 11) is 0. The summed E-state index contributed by atoms with van der Waals surface area (Å²) in [5.74, 6) is 1.66. The average molecular weight is 307 g/mol. The van der Waals surface area contributed by atoms with Crippen molar-refractivity contribution in [3.05, 3.63) is 66.1 Å². The molecule has 1 N–H and O–H groups in total. The first kappa shape index (κ1) is 15.3. The van der Waals surface area contributed by atoms with Gasteiger partial charge in [0.2, 0.25) is 11.8 Å². The van der Waals surface area contributed by atoms with E-state index in [0.717, 1.165) is 11.3 Å². The normalized spacial score (nSPS) is 12.3. The molecular weight excluding hydrogens is 286 g/mol. The molecule has 3 aromatic rings. The first-order valence-electron chi connectivity index (χ1n) is 7.89. The van der Waals surface area contributed by atoms with Crippen LogP contribution in [0.3, 0.4) is 0 Å². The van der Waals surface area contributed by atoms with Gasteiger partial charge in [0.25, 0.3) is 0 Å². The monoisotopic (exact) mass is 307 g/mol. The molecule has 3 rings (SSSR count). The van der Waals surface area contributed by atoms with Crippen molar-refractivity contribution in [3.8, 4) is 11.5 Å². The topological polar surface area (TPSA) is 51.0 Å². The first-order valence-corrected chi connectivity index (χ1v) is 7.89. The van der Waals surface area contributed by atoms with Crippen LogP contribution in [-0.4, -0.2) is 10.2 Å². The third-order valence-electron chi connectivity index (χ3n) is 3.79. The zero-order chi connectivity index (χ0) is 16.2. The van der Waals surface area contributed by atoms with Gasteiger partial charge in [-0.25, -0.2) is 0 Å². The molecule has 0 aliphatic rings. The van der Waals surface area contributed by atoms with E-state index in [1.54, 1.807) is 0 Å². The Morgan fingerprint density at radius 2 is 1.57 bits per heavy atom. The van der Waals surface area contributed by atoms with E-state index in [1.807, 2.05) is 37.3 Å². The van der Waals surface area contributed by atoms with E-state index in [9.17, 15) is 0 Å². The van der Waals surface area contributed by atoms with Gasteiger partial charge in [-0.1, -0.05) is 44.2 Å². The SMILES string of the molecule is CC(C)c1ccc(NC(C)c2nnc(-c3ccccc3)o2)cc1. The van der Waals surface area contributed by atoms with Gasteiger partial charge in [-0.2, -0.15) is 0 Å². The number of rotatable bonds is 5. The number of hydrogen-bond acceptors (Lipinski definition) is 4. The van der Waals surface area contributed by atoms with E-state index in [2.05, 4.69) is 53.6 Å². The Hall–Kier alpha value is -2.62. The minimum atomic E-state index is -0.0511. The van der Waals surface area contributed by atoms with Crippen LogP contribution in [-0.2, 0) is 0 Å². The second-order valence-corrected chi connectivity index (χ2v) is 5.95. The molecule has 0 aliphatic carbocycles. The van der Waals surface area contributed by atoms with E-state index in [1.165, 1.54) is 5.56 Å². The van der Waals surface area contributed by atoms with Gasteiger partial charge in [0, 0.05) is 11.3 Å². The largest absolute Gasteiger partial charge is 0.418 e. The molecular formula is C19H21N3O. The van der Waals surface area contributed by atoms with Crippen molar-refractivity contribution in [2.45, 2.75) is 32.7 Å². The summed E-state index contributed by atoms with van der Waals surface area (Å²) in [6, 6.07) is 18.2. The van der Waals surface area contributed by atoms with Crippen LogP contribution in [0, 0.1) is 0 Å². The lowest BCUT2D eigenvalue weighted by Crippen LogP contribution is -2.07. The van der Waals surface area contributed by atoms with E-state index >= 15 is 0 Å². The highest BCUT2D eigenvalue weighted by molar-refractivity contribution is 5.52. The van der Waals surface area contributed by atoms with Gasteiger partial charge in [-0.05, 0) is 42.7 Å². The van der Waals surface area contributed by atoms with Crippen LogP contribution in [0.25, 0.3) is 11.5 Å². The lowest BCUT2D eigenvalue weighted by Gasteiger charge is -2.12. The molecule has 1 atom stereocenters. The fourth-order valence-electron chi connectivity index (χ4n) is 2.38. The Labute approximate surface area is 136 Å². The predicted octanol–water partition coefficient (Wildman–Crippen LogP) is 5.03. The van der Waals surface area contributed by atoms with Crippen LogP contribution < -0.4 is 5.32 Å². The number of nitrogens with zero attached hydrogens (tertiary/aromatic N) is 2. The van der Waals surface area contributed by atoms with Crippen molar-refractivity contribution < 1.29 is 4.42 Å². The average Bonchev–Trinajstić information content (AvgIpc) is 3.06. The first-order chi connectivity index (χ1) is 11.1. The van der Waals surface area contributed by atoms with Crippen LogP contribution in [0.2, 0.25) is 0 Å². The van der Waals surface area contributed by atoms with Gasteiger partial charge >= 0.3 is 0 Å². The highest BCUT2D eigenvalue weighted by Crippen LogP contribution is 2.24. The molecule has 4 heteroatoms. The minimum absolute atomic E-state index is 0.0511. The fourth-order valence-corrected chi connectivity index (χ4v) is 2.38. The molecule has 0 radical (unpaired) electrons. The maximum atomic E-state index is 5.78. The summed E-state index contributed by atoms with van der Waals surface area (Å²) in [5.41, 5.74) is 3.30. The minimum Gasteiger partial charge on any atom is -0.418 e. The Kier molecular flexibility index (Phi) is 4.42. The summed E-state index contributed by atoms with van der Waals surface area (Å²) in [5, 5.41) is 11.7. The van der Waals surface area contributed by atoms with Crippen LogP contribution in [0.1, 0.15) is 44.2 Å². The zero-order valence-electron chi connectivity index (χ0n) is 13.7. The molecule has 1 aromatic heterocycles. The number of hydrogen-bond donors (Lipinski definition) is 1. The van der Waals surface area contributed by atoms with E-state index in [4.69, 9.17) is 4.42 Å². The number of nitrogens with one attached hydrogen (secondary N) is 1. The van der Waals surface area contributed by atoms with Crippen molar-refractivity contribution >= 4 is 5.69 Å². The lowest BCUT2D eigenvalue weighted by atomic mass is 10.0. The molecule has 2 aromatic carbocycles. The summed E-state index contributed by atoms with van der Waals surface area (Å²) < 4.78 is 5.78. The van der Waals surface area contributed by atoms with Gasteiger partial charge < -0.3 is 9.73 Å². The molecule has 118 valence electrons. The quantitative estimate of drug-likeness (QED) is 0.718. The van der Waals surface area contributed by atoms with E-state index in [0.29, 0.717) is 17.7 Å². The summed E-state index contributed by atoms with van der Waals surface area (Å²) >= 11 is 0. The standard InChI is InChI=1S/C19H21N3O/c1-13(2)15-9-11-17(12-10-15)20-14(3)18-21-22-19(23-18)16-7-5-4-6-8-16/h4-14,20H,1-3H3. The van der Waals surface area contributed by atoms with Crippen LogP contribution >= 0.6 is 0 Å². The maximum Gasteiger partial charge on any atom is 0.247 e. The number of aromatic nitrogens is 2. The van der Waals surface area contributed by atoms with Crippen molar-refractivity contribution in [2.24, 2.45) is 0 Å². The van der Waals surface area contributed by atoms with Crippen LogP contribution in [0.4, 0.5) is 5.69 Å². The molecule has 0 spiro atoms. The molecule has 0 bridgehead atoms. The summed E-state index contributed by atoms with van der Waals surface area (Å²) in [6.45, 7) is 6.39. The second-order valence-electron chi connectivity index (χ2n) is 5.95. The molecule has 0 aliphatic heterocycles. The van der Waals surface area contributed by atoms with Crippen LogP contribution in [0.5, 0.6) is 0 Å². The molecule has 4 nitrogen and oxygen atoms in total. The van der Waals surface area contributed by atoms with E-state index in [-0.39, 0.29) is 6.04 Å². The van der Waals surface area contributed by atoms with Gasteiger partial charge in [0.05, 0.1) is 0 Å². The predicted molar refractivity (Wildman–Crippen MR) is 92.3 cm³/mol. The van der Waals surface area contributed by atoms with Crippen LogP contribution in [0.15, 0.2) is 59.0 Å². The smallest absolute Gasteiger partial charge is 0.247 e. The maximum absolute atomic E-state index is 5.78. The van der Waals surface area contributed by atoms with Crippen molar-refractivity contribution in [1.82, 2.24) is 10.2 Å². The molecule has 0 saturated heterocycles. The Balaban J connectivity index is 1.71. The Morgan fingerprint density at radius 1 is 0.870 bits per heavy atom. The molecule has 0 amide bonds. The lowest BCUT2D eigenvalue weighted by molar-refractivity contribution is 0.485. The van der Waals surface area contributed by atoms with Crippen molar-refractivity contribution in [3.63, 3.8) is 0 Å². The van der Waals surface area contributed by atoms with Gasteiger partial charge in [-0.3, -0.25) is 0 Å². The summed E-state index contributed by atoms with van der Waals surface area (Å²) in [6.07, 6.45) is 0. The van der Waals surface area contributed by atoms with Crippen molar-refractivity contribution in [1.29, 1.82) is 0 Å². The third kappa shape index (κ3) is 3.59. The summed E-state index contributed by atoms with van der Waals surface area (Å²) in [4.78, 5) is 0. The molecule has 0 saturated carbocycles. The Bertz CT molecular complexity index is 748. The molecule has 1 heterocycles. The highest BCUT2D eigenvalue weighted by Gasteiger charge is 2.14. The zero-order valence-corrected chi connectivity index (χ0v) is 13.7. The molecule has 0 fully saturated rings. The molecule has 23 heavy (non-hydrogen) atoms. The Morgan fingerprint density at radius 3 is 2.22 bits per heavy atom. The second kappa shape index (κ2) is 6.65. The van der Waals surface area contributed by atoms with Gasteiger partial charge in [0.1, 0.15) is 6.04 Å². The number of anilines is 1.